The maximum absolute atomic E-state index is 12.0. The molecule has 26 heavy (non-hydrogen) atoms. The molecule has 5 N–H and O–H groups in total. The maximum Gasteiger partial charge on any atom is 0.323 e. The second-order valence-corrected chi connectivity index (χ2v) is 5.73. The number of nitrogens with one attached hydrogen (secondary N) is 3. The highest BCUT2D eigenvalue weighted by Crippen LogP contribution is 2.21. The molecule has 0 spiro atoms. The molecule has 0 fully saturated rings. The van der Waals surface area contributed by atoms with E-state index in [0.29, 0.717) is 12.2 Å². The van der Waals surface area contributed by atoms with Gasteiger partial charge >= 0.3 is 6.03 Å². The minimum atomic E-state index is -0.313. The van der Waals surface area contributed by atoms with Crippen LogP contribution in [0.1, 0.15) is 5.56 Å². The average molecular weight is 349 g/mol. The number of benzene rings is 3. The predicted molar refractivity (Wildman–Crippen MR) is 103 cm³/mol. The van der Waals surface area contributed by atoms with Crippen LogP contribution in [0.2, 0.25) is 0 Å². The highest BCUT2D eigenvalue weighted by molar-refractivity contribution is 5.99. The van der Waals surface area contributed by atoms with Crippen LogP contribution in [-0.2, 0) is 6.54 Å². The molecule has 132 valence electrons. The summed E-state index contributed by atoms with van der Waals surface area (Å²) in [5, 5.41) is 27.7. The molecular weight excluding hydrogens is 330 g/mol. The maximum atomic E-state index is 12.0. The zero-order valence-corrected chi connectivity index (χ0v) is 13.9. The molecule has 0 radical (unpaired) electrons. The Morgan fingerprint density at radius 3 is 1.88 bits per heavy atom. The third-order valence-electron chi connectivity index (χ3n) is 3.63. The fourth-order valence-corrected chi connectivity index (χ4v) is 2.45. The lowest BCUT2D eigenvalue weighted by Gasteiger charge is -2.10. The van der Waals surface area contributed by atoms with Gasteiger partial charge < -0.3 is 26.2 Å². The van der Waals surface area contributed by atoms with Crippen molar-refractivity contribution in [3.8, 4) is 11.5 Å². The van der Waals surface area contributed by atoms with Gasteiger partial charge in [-0.2, -0.15) is 0 Å². The third kappa shape index (κ3) is 4.91. The van der Waals surface area contributed by atoms with Crippen molar-refractivity contribution in [2.75, 3.05) is 16.0 Å². The van der Waals surface area contributed by atoms with Gasteiger partial charge in [0.1, 0.15) is 11.5 Å². The summed E-state index contributed by atoms with van der Waals surface area (Å²) in [6.07, 6.45) is 0. The van der Waals surface area contributed by atoms with Gasteiger partial charge in [-0.1, -0.05) is 18.2 Å². The van der Waals surface area contributed by atoms with Crippen LogP contribution in [-0.4, -0.2) is 16.2 Å². The topological polar surface area (TPSA) is 93.6 Å². The Labute approximate surface area is 151 Å². The van der Waals surface area contributed by atoms with Crippen LogP contribution in [0, 0.1) is 0 Å². The quantitative estimate of drug-likeness (QED) is 0.473. The van der Waals surface area contributed by atoms with Gasteiger partial charge in [0.2, 0.25) is 0 Å². The summed E-state index contributed by atoms with van der Waals surface area (Å²) in [6, 6.07) is 20.6. The molecule has 0 atom stereocenters. The SMILES string of the molecule is O=C(Nc1ccccc1)Nc1ccc(NCc2cc(O)cc(O)c2)cc1. The molecule has 0 unspecified atom stereocenters. The minimum Gasteiger partial charge on any atom is -0.508 e. The van der Waals surface area contributed by atoms with Gasteiger partial charge in [-0.15, -0.1) is 0 Å². The van der Waals surface area contributed by atoms with Crippen molar-refractivity contribution in [1.82, 2.24) is 0 Å². The second kappa shape index (κ2) is 7.94. The highest BCUT2D eigenvalue weighted by atomic mass is 16.3. The Hall–Kier alpha value is -3.67. The minimum absolute atomic E-state index is 0.0192. The number of urea groups is 1. The van der Waals surface area contributed by atoms with Crippen LogP contribution in [0.5, 0.6) is 11.5 Å². The summed E-state index contributed by atoms with van der Waals surface area (Å²) in [6.45, 7) is 0.448. The van der Waals surface area contributed by atoms with Gasteiger partial charge in [0.15, 0.2) is 0 Å². The third-order valence-corrected chi connectivity index (χ3v) is 3.63. The van der Waals surface area contributed by atoms with Crippen molar-refractivity contribution >= 4 is 23.1 Å². The summed E-state index contributed by atoms with van der Waals surface area (Å²) in [7, 11) is 0. The van der Waals surface area contributed by atoms with Crippen LogP contribution < -0.4 is 16.0 Å². The van der Waals surface area contributed by atoms with E-state index in [1.165, 1.54) is 6.07 Å². The van der Waals surface area contributed by atoms with Crippen LogP contribution in [0.3, 0.4) is 0 Å². The Bertz CT molecular complexity index is 860. The fraction of sp³-hybridized carbons (Fsp3) is 0.0500. The highest BCUT2D eigenvalue weighted by Gasteiger charge is 2.03. The average Bonchev–Trinajstić information content (AvgIpc) is 2.61. The first kappa shape index (κ1) is 17.2. The number of amides is 2. The predicted octanol–water partition coefficient (Wildman–Crippen LogP) is 4.35. The second-order valence-electron chi connectivity index (χ2n) is 5.73. The normalized spacial score (nSPS) is 10.2. The molecule has 6 heteroatoms. The van der Waals surface area contributed by atoms with Crippen molar-refractivity contribution in [1.29, 1.82) is 0 Å². The summed E-state index contributed by atoms with van der Waals surface area (Å²) < 4.78 is 0. The molecule has 0 aliphatic rings. The van der Waals surface area contributed by atoms with Gasteiger partial charge in [0, 0.05) is 29.7 Å². The van der Waals surface area contributed by atoms with Crippen molar-refractivity contribution in [2.45, 2.75) is 6.54 Å². The summed E-state index contributed by atoms with van der Waals surface area (Å²) in [5.74, 6) is 0.0385. The van der Waals surface area contributed by atoms with Crippen molar-refractivity contribution in [3.05, 3.63) is 78.4 Å². The molecule has 6 nitrogen and oxygen atoms in total. The number of carbonyl (C=O) groups is 1. The van der Waals surface area contributed by atoms with E-state index in [0.717, 1.165) is 16.9 Å². The smallest absolute Gasteiger partial charge is 0.323 e. The standard InChI is InChI=1S/C20H19N3O3/c24-18-10-14(11-19(25)12-18)13-21-15-6-8-17(9-7-15)23-20(26)22-16-4-2-1-3-5-16/h1-12,21,24-25H,13H2,(H2,22,23,26). The van der Waals surface area contributed by atoms with Crippen molar-refractivity contribution in [3.63, 3.8) is 0 Å². The van der Waals surface area contributed by atoms with E-state index in [9.17, 15) is 15.0 Å². The van der Waals surface area contributed by atoms with E-state index >= 15 is 0 Å². The molecule has 2 amide bonds. The molecule has 0 aliphatic heterocycles. The van der Waals surface area contributed by atoms with Crippen LogP contribution in [0.4, 0.5) is 21.9 Å². The number of hydrogen-bond donors (Lipinski definition) is 5. The first-order valence-corrected chi connectivity index (χ1v) is 8.07. The van der Waals surface area contributed by atoms with E-state index in [-0.39, 0.29) is 17.5 Å². The zero-order chi connectivity index (χ0) is 18.4. The van der Waals surface area contributed by atoms with Crippen LogP contribution in [0.25, 0.3) is 0 Å². The number of rotatable bonds is 5. The molecule has 0 bridgehead atoms. The summed E-state index contributed by atoms with van der Waals surface area (Å²) >= 11 is 0. The molecule has 0 aliphatic carbocycles. The van der Waals surface area contributed by atoms with Crippen molar-refractivity contribution < 1.29 is 15.0 Å². The van der Waals surface area contributed by atoms with Gasteiger partial charge in [0.05, 0.1) is 0 Å². The Morgan fingerprint density at radius 2 is 1.27 bits per heavy atom. The van der Waals surface area contributed by atoms with E-state index in [4.69, 9.17) is 0 Å². The lowest BCUT2D eigenvalue weighted by atomic mass is 10.2. The van der Waals surface area contributed by atoms with Gasteiger partial charge in [-0.05, 0) is 54.1 Å². The van der Waals surface area contributed by atoms with Gasteiger partial charge in [-0.25, -0.2) is 4.79 Å². The monoisotopic (exact) mass is 349 g/mol. The first-order valence-electron chi connectivity index (χ1n) is 8.07. The fourth-order valence-electron chi connectivity index (χ4n) is 2.45. The van der Waals surface area contributed by atoms with Gasteiger partial charge in [0.25, 0.3) is 0 Å². The molecule has 0 aromatic heterocycles. The van der Waals surface area contributed by atoms with Crippen LogP contribution >= 0.6 is 0 Å². The Balaban J connectivity index is 1.54. The van der Waals surface area contributed by atoms with Crippen LogP contribution in [0.15, 0.2) is 72.8 Å². The molecular formula is C20H19N3O3. The Kier molecular flexibility index (Phi) is 5.24. The van der Waals surface area contributed by atoms with E-state index < -0.39 is 0 Å². The molecule has 3 aromatic rings. The Morgan fingerprint density at radius 1 is 0.731 bits per heavy atom. The summed E-state index contributed by atoms with van der Waals surface area (Å²) in [4.78, 5) is 12.0. The van der Waals surface area contributed by atoms with E-state index in [2.05, 4.69) is 16.0 Å². The zero-order valence-electron chi connectivity index (χ0n) is 13.9. The number of carbonyl (C=O) groups excluding carboxylic acids is 1. The number of aromatic hydroxyl groups is 2. The largest absolute Gasteiger partial charge is 0.508 e. The molecule has 3 rings (SSSR count). The lowest BCUT2D eigenvalue weighted by Crippen LogP contribution is -2.19. The number of anilines is 3. The van der Waals surface area contributed by atoms with E-state index in [1.54, 1.807) is 24.3 Å². The van der Waals surface area contributed by atoms with Crippen molar-refractivity contribution in [2.24, 2.45) is 0 Å². The lowest BCUT2D eigenvalue weighted by molar-refractivity contribution is 0.262. The number of para-hydroxylation sites is 1. The molecule has 0 heterocycles. The van der Waals surface area contributed by atoms with E-state index in [1.807, 2.05) is 42.5 Å². The molecule has 0 saturated carbocycles. The number of phenolic OH excluding ortho intramolecular Hbond substituents is 2. The molecule has 0 saturated heterocycles. The molecule has 3 aromatic carbocycles. The first-order chi connectivity index (χ1) is 12.6. The van der Waals surface area contributed by atoms with Gasteiger partial charge in [-0.3, -0.25) is 0 Å². The number of hydrogen-bond acceptors (Lipinski definition) is 4. The summed E-state index contributed by atoms with van der Waals surface area (Å²) in [5.41, 5.74) is 2.99. The number of phenols is 2.